The SMILES string of the molecule is CCCCCCCCCCOP(=O)(O)O[C@H]1O[C@H](COC(=O)c2ccccc2)[C@@H](O[C@@H]2O[C@H](COC(C)=O)[C@H](OC(C)=O)[C@H](OC(C)=O)[C@H]2OC(C)=O)[C@H](OC(=O)c2ccccc2)[C@@H]1N=[N+]=[N-]. The summed E-state index contributed by atoms with van der Waals surface area (Å²) in [4.78, 5) is 90.8. The van der Waals surface area contributed by atoms with Gasteiger partial charge in [0, 0.05) is 32.6 Å². The summed E-state index contributed by atoms with van der Waals surface area (Å²) in [6.07, 6.45) is -8.80. The van der Waals surface area contributed by atoms with Crippen molar-refractivity contribution in [3.05, 3.63) is 82.2 Å². The summed E-state index contributed by atoms with van der Waals surface area (Å²) < 4.78 is 76.5. The molecule has 4 rings (SSSR count). The first-order valence-corrected chi connectivity index (χ1v) is 23.3. The molecular formula is C44H58N3O19P. The summed E-state index contributed by atoms with van der Waals surface area (Å²) in [5.41, 5.74) is 9.96. The van der Waals surface area contributed by atoms with Crippen molar-refractivity contribution in [1.29, 1.82) is 0 Å². The molecule has 2 fully saturated rings. The molecule has 0 spiro atoms. The lowest BCUT2D eigenvalue weighted by Crippen LogP contribution is -2.66. The molecule has 2 aromatic carbocycles. The lowest BCUT2D eigenvalue weighted by atomic mass is 9.95. The highest BCUT2D eigenvalue weighted by Gasteiger charge is 2.57. The number of carbonyl (C=O) groups is 6. The van der Waals surface area contributed by atoms with Gasteiger partial charge >= 0.3 is 43.6 Å². The Morgan fingerprint density at radius 1 is 0.627 bits per heavy atom. The quantitative estimate of drug-likeness (QED) is 0.0220. The van der Waals surface area contributed by atoms with Gasteiger partial charge in [0.05, 0.1) is 17.7 Å². The molecule has 2 heterocycles. The summed E-state index contributed by atoms with van der Waals surface area (Å²) in [5, 5.41) is 3.75. The zero-order valence-corrected chi connectivity index (χ0v) is 38.8. The smallest absolute Gasteiger partial charge is 0.463 e. The Kier molecular flexibility index (Phi) is 22.1. The number of phosphoric acid groups is 1. The molecule has 2 aromatic rings. The number of carbonyl (C=O) groups excluding carboxylic acids is 6. The maximum Gasteiger partial charge on any atom is 0.474 e. The maximum absolute atomic E-state index is 13.9. The van der Waals surface area contributed by atoms with Crippen LogP contribution in [-0.2, 0) is 75.4 Å². The molecule has 1 N–H and O–H groups in total. The monoisotopic (exact) mass is 963 g/mol. The third-order valence-electron chi connectivity index (χ3n) is 10.2. The first-order valence-electron chi connectivity index (χ1n) is 21.8. The number of phosphoric ester groups is 1. The largest absolute Gasteiger partial charge is 0.474 e. The molecule has 2 saturated heterocycles. The molecule has 67 heavy (non-hydrogen) atoms. The van der Waals surface area contributed by atoms with Crippen LogP contribution in [0.25, 0.3) is 10.4 Å². The van der Waals surface area contributed by atoms with E-state index in [2.05, 4.69) is 16.9 Å². The van der Waals surface area contributed by atoms with Crippen LogP contribution in [0.5, 0.6) is 0 Å². The van der Waals surface area contributed by atoms with Gasteiger partial charge in [-0.15, -0.1) is 0 Å². The predicted molar refractivity (Wildman–Crippen MR) is 230 cm³/mol. The number of nitrogens with zero attached hydrogens (tertiary/aromatic N) is 3. The predicted octanol–water partition coefficient (Wildman–Crippen LogP) is 6.22. The van der Waals surface area contributed by atoms with Crippen molar-refractivity contribution in [3.8, 4) is 0 Å². The van der Waals surface area contributed by atoms with Gasteiger partial charge in [-0.25, -0.2) is 14.2 Å². The highest BCUT2D eigenvalue weighted by molar-refractivity contribution is 7.47. The van der Waals surface area contributed by atoms with Crippen molar-refractivity contribution in [2.24, 2.45) is 5.11 Å². The van der Waals surface area contributed by atoms with Crippen LogP contribution in [0.3, 0.4) is 0 Å². The van der Waals surface area contributed by atoms with Crippen molar-refractivity contribution in [1.82, 2.24) is 0 Å². The second kappa shape index (κ2) is 27.4. The van der Waals surface area contributed by atoms with Gasteiger partial charge in [0.25, 0.3) is 0 Å². The molecule has 2 aliphatic rings. The molecular weight excluding hydrogens is 905 g/mol. The van der Waals surface area contributed by atoms with E-state index in [1.54, 1.807) is 24.3 Å². The van der Waals surface area contributed by atoms with Gasteiger partial charge in [0.15, 0.2) is 30.9 Å². The lowest BCUT2D eigenvalue weighted by Gasteiger charge is -2.48. The minimum atomic E-state index is -5.08. The molecule has 0 bridgehead atoms. The number of hydrogen-bond donors (Lipinski definition) is 1. The van der Waals surface area contributed by atoms with Crippen LogP contribution in [-0.4, -0.2) is 122 Å². The Hall–Kier alpha value is -5.44. The van der Waals surface area contributed by atoms with Crippen molar-refractivity contribution >= 4 is 43.6 Å². The highest BCUT2D eigenvalue weighted by atomic mass is 31.2. The third-order valence-corrected chi connectivity index (χ3v) is 11.2. The molecule has 2 aliphatic heterocycles. The molecule has 0 radical (unpaired) electrons. The highest BCUT2D eigenvalue weighted by Crippen LogP contribution is 2.48. The van der Waals surface area contributed by atoms with E-state index >= 15 is 0 Å². The number of hydrogen-bond acceptors (Lipinski definition) is 19. The molecule has 22 nitrogen and oxygen atoms in total. The Balaban J connectivity index is 1.80. The van der Waals surface area contributed by atoms with Gasteiger partial charge in [-0.2, -0.15) is 0 Å². The van der Waals surface area contributed by atoms with Gasteiger partial charge in [0.1, 0.15) is 43.7 Å². The first kappa shape index (κ1) is 54.2. The van der Waals surface area contributed by atoms with Gasteiger partial charge in [-0.1, -0.05) is 93.4 Å². The zero-order valence-electron chi connectivity index (χ0n) is 37.9. The summed E-state index contributed by atoms with van der Waals surface area (Å²) in [5.74, 6) is -5.56. The summed E-state index contributed by atoms with van der Waals surface area (Å²) >= 11 is 0. The molecule has 0 amide bonds. The van der Waals surface area contributed by atoms with E-state index in [0.29, 0.717) is 12.8 Å². The van der Waals surface area contributed by atoms with E-state index in [1.807, 2.05) is 0 Å². The number of esters is 6. The van der Waals surface area contributed by atoms with E-state index in [-0.39, 0.29) is 17.7 Å². The van der Waals surface area contributed by atoms with Crippen LogP contribution in [0.15, 0.2) is 65.8 Å². The average Bonchev–Trinajstić information content (AvgIpc) is 3.28. The summed E-state index contributed by atoms with van der Waals surface area (Å²) in [6, 6.07) is 13.3. The summed E-state index contributed by atoms with van der Waals surface area (Å²) in [6.45, 7) is 4.60. The lowest BCUT2D eigenvalue weighted by molar-refractivity contribution is -0.344. The van der Waals surface area contributed by atoms with Gasteiger partial charge < -0.3 is 47.5 Å². The fourth-order valence-electron chi connectivity index (χ4n) is 7.21. The third kappa shape index (κ3) is 17.6. The van der Waals surface area contributed by atoms with E-state index in [4.69, 9.17) is 51.7 Å². The molecule has 368 valence electrons. The molecule has 0 aliphatic carbocycles. The zero-order chi connectivity index (χ0) is 48.9. The van der Waals surface area contributed by atoms with Crippen LogP contribution in [0.1, 0.15) is 107 Å². The second-order valence-electron chi connectivity index (χ2n) is 15.5. The second-order valence-corrected chi connectivity index (χ2v) is 16.9. The van der Waals surface area contributed by atoms with Gasteiger partial charge in [-0.05, 0) is 36.2 Å². The van der Waals surface area contributed by atoms with Crippen molar-refractivity contribution < 1.29 is 89.9 Å². The van der Waals surface area contributed by atoms with E-state index in [1.165, 1.54) is 36.4 Å². The molecule has 11 atom stereocenters. The number of benzene rings is 2. The molecule has 1 unspecified atom stereocenters. The fourth-order valence-corrected chi connectivity index (χ4v) is 8.06. The average molecular weight is 964 g/mol. The number of rotatable bonds is 25. The molecule has 0 aromatic heterocycles. The topological polar surface area (TPSA) is 290 Å². The molecule has 23 heteroatoms. The maximum atomic E-state index is 13.9. The van der Waals surface area contributed by atoms with E-state index < -0.39 is 118 Å². The minimum absolute atomic E-state index is 0.0224. The Morgan fingerprint density at radius 2 is 1.13 bits per heavy atom. The Labute approximate surface area is 387 Å². The van der Waals surface area contributed by atoms with E-state index in [0.717, 1.165) is 66.2 Å². The number of azide groups is 1. The van der Waals surface area contributed by atoms with Crippen LogP contribution >= 0.6 is 7.82 Å². The van der Waals surface area contributed by atoms with Crippen molar-refractivity contribution in [2.45, 2.75) is 147 Å². The summed E-state index contributed by atoms with van der Waals surface area (Å²) in [7, 11) is -5.08. The van der Waals surface area contributed by atoms with Crippen LogP contribution in [0, 0.1) is 0 Å². The van der Waals surface area contributed by atoms with Gasteiger partial charge in [0.2, 0.25) is 0 Å². The minimum Gasteiger partial charge on any atom is -0.463 e. The fraction of sp³-hybridized carbons (Fsp3) is 0.591. The number of ether oxygens (including phenoxy) is 9. The van der Waals surface area contributed by atoms with Crippen LogP contribution < -0.4 is 0 Å². The van der Waals surface area contributed by atoms with Crippen LogP contribution in [0.4, 0.5) is 0 Å². The Bertz CT molecular complexity index is 2040. The van der Waals surface area contributed by atoms with Crippen LogP contribution in [0.2, 0.25) is 0 Å². The Morgan fingerprint density at radius 3 is 1.70 bits per heavy atom. The standard InChI is InChI=1S/C44H58N3O19P/c1-6-7-8-9-10-11-12-19-24-58-67(54,55)66-43-35(46-47-45)38(64-42(53)32-22-17-14-18-23-32)36(34(62-43)26-57-41(52)31-20-15-13-16-21-31)65-44-40(61-30(5)51)39(60-29(4)50)37(59-28(3)49)33(63-44)25-56-27(2)48/h13-18,20-23,33-40,43-44H,6-12,19,24-26H2,1-5H3,(H,54,55)/t33-,34-,35+,36-,37+,38-,39+,40-,43-,44+/m1/s1. The normalized spacial score (nSPS) is 25.5. The van der Waals surface area contributed by atoms with Crippen molar-refractivity contribution in [3.63, 3.8) is 0 Å². The van der Waals surface area contributed by atoms with E-state index in [9.17, 15) is 43.8 Å². The van der Waals surface area contributed by atoms with Crippen molar-refractivity contribution in [2.75, 3.05) is 19.8 Å². The van der Waals surface area contributed by atoms with Gasteiger partial charge in [-0.3, -0.25) is 28.2 Å². The first-order chi connectivity index (χ1) is 32.0. The number of unbranched alkanes of at least 4 members (excludes halogenated alkanes) is 7. The molecule has 0 saturated carbocycles.